The largest absolute Gasteiger partial charge is 0.504 e. The average molecular weight is 473 g/mol. The van der Waals surface area contributed by atoms with E-state index in [2.05, 4.69) is 28.6 Å². The van der Waals surface area contributed by atoms with Crippen molar-refractivity contribution >= 4 is 29.9 Å². The van der Waals surface area contributed by atoms with Crippen molar-refractivity contribution in [1.82, 2.24) is 10.6 Å². The molecule has 1 aliphatic carbocycles. The zero-order valence-electron chi connectivity index (χ0n) is 15.9. The lowest BCUT2D eigenvalue weighted by molar-refractivity contribution is 0.318. The number of ether oxygens (including phenoxy) is 1. The fourth-order valence-corrected chi connectivity index (χ4v) is 2.91. The predicted octanol–water partition coefficient (Wildman–Crippen LogP) is 4.35. The maximum Gasteiger partial charge on any atom is 0.191 e. The number of phenols is 1. The summed E-state index contributed by atoms with van der Waals surface area (Å²) in [5.74, 6) is 1.50. The number of nitrogens with zero attached hydrogens (tertiary/aromatic N) is 1. The number of halogens is 1. The first-order valence-corrected chi connectivity index (χ1v) is 9.37. The lowest BCUT2D eigenvalue weighted by atomic mass is 9.97. The van der Waals surface area contributed by atoms with E-state index in [4.69, 9.17) is 4.74 Å². The van der Waals surface area contributed by atoms with Crippen LogP contribution in [0.15, 0.2) is 34.8 Å². The molecule has 6 heteroatoms. The van der Waals surface area contributed by atoms with Crippen molar-refractivity contribution in [2.75, 3.05) is 19.7 Å². The van der Waals surface area contributed by atoms with Gasteiger partial charge in [0.15, 0.2) is 17.5 Å². The standard InChI is InChI=1S/C20H31N3O2.HI/c1-3-21-20(22-13-12-16-8-6-5-7-9-16)23-15-17-10-11-18(24)19(14-17)25-4-2;/h8,10-11,14,24H,3-7,9,12-13,15H2,1-2H3,(H2,21,22,23);1H. The molecule has 2 rings (SSSR count). The Bertz CT molecular complexity index is 603. The van der Waals surface area contributed by atoms with E-state index in [0.717, 1.165) is 31.0 Å². The first kappa shape index (κ1) is 22.6. The predicted molar refractivity (Wildman–Crippen MR) is 119 cm³/mol. The molecule has 0 amide bonds. The van der Waals surface area contributed by atoms with Gasteiger partial charge in [-0.1, -0.05) is 17.7 Å². The summed E-state index contributed by atoms with van der Waals surface area (Å²) >= 11 is 0. The van der Waals surface area contributed by atoms with E-state index in [1.54, 1.807) is 11.6 Å². The van der Waals surface area contributed by atoms with Crippen LogP contribution < -0.4 is 15.4 Å². The van der Waals surface area contributed by atoms with Gasteiger partial charge in [0.25, 0.3) is 0 Å². The number of rotatable bonds is 8. The summed E-state index contributed by atoms with van der Waals surface area (Å²) < 4.78 is 5.43. The molecule has 5 nitrogen and oxygen atoms in total. The van der Waals surface area contributed by atoms with E-state index >= 15 is 0 Å². The Balaban J connectivity index is 0.00000338. The molecule has 3 N–H and O–H groups in total. The van der Waals surface area contributed by atoms with Crippen LogP contribution in [0.3, 0.4) is 0 Å². The molecule has 0 aliphatic heterocycles. The minimum Gasteiger partial charge on any atom is -0.504 e. The zero-order chi connectivity index (χ0) is 17.9. The van der Waals surface area contributed by atoms with Gasteiger partial charge < -0.3 is 20.5 Å². The lowest BCUT2D eigenvalue weighted by Gasteiger charge is -2.15. The van der Waals surface area contributed by atoms with Gasteiger partial charge in [0.1, 0.15) is 0 Å². The molecule has 1 aliphatic rings. The van der Waals surface area contributed by atoms with Crippen LogP contribution in [0.4, 0.5) is 0 Å². The second-order valence-corrected chi connectivity index (χ2v) is 6.22. The molecule has 1 aromatic rings. The van der Waals surface area contributed by atoms with Gasteiger partial charge in [-0.3, -0.25) is 0 Å². The van der Waals surface area contributed by atoms with Crippen LogP contribution in [0.1, 0.15) is 51.5 Å². The number of phenolic OH excluding ortho intramolecular Hbond substituents is 1. The first-order chi connectivity index (χ1) is 12.2. The molecule has 0 atom stereocenters. The SMILES string of the molecule is CCNC(=NCc1ccc(O)c(OCC)c1)NCCC1=CCCCC1.I. The number of nitrogens with one attached hydrogen (secondary N) is 2. The fraction of sp³-hybridized carbons (Fsp3) is 0.550. The van der Waals surface area contributed by atoms with Crippen LogP contribution >= 0.6 is 24.0 Å². The highest BCUT2D eigenvalue weighted by Gasteiger charge is 2.05. The molecule has 0 heterocycles. The highest BCUT2D eigenvalue weighted by molar-refractivity contribution is 14.0. The van der Waals surface area contributed by atoms with Crippen LogP contribution in [0.25, 0.3) is 0 Å². The van der Waals surface area contributed by atoms with E-state index in [9.17, 15) is 5.11 Å². The smallest absolute Gasteiger partial charge is 0.191 e. The van der Waals surface area contributed by atoms with Gasteiger partial charge in [-0.25, -0.2) is 4.99 Å². The molecule has 146 valence electrons. The summed E-state index contributed by atoms with van der Waals surface area (Å²) in [5, 5.41) is 16.5. The molecule has 0 saturated carbocycles. The fourth-order valence-electron chi connectivity index (χ4n) is 2.91. The third-order valence-electron chi connectivity index (χ3n) is 4.21. The van der Waals surface area contributed by atoms with Crippen LogP contribution in [0.2, 0.25) is 0 Å². The summed E-state index contributed by atoms with van der Waals surface area (Å²) in [6.45, 7) is 6.76. The van der Waals surface area contributed by atoms with Gasteiger partial charge in [-0.2, -0.15) is 0 Å². The minimum atomic E-state index is 0. The number of benzene rings is 1. The maximum atomic E-state index is 9.78. The summed E-state index contributed by atoms with van der Waals surface area (Å²) in [7, 11) is 0. The summed E-state index contributed by atoms with van der Waals surface area (Å²) in [4.78, 5) is 4.64. The van der Waals surface area contributed by atoms with Crippen LogP contribution in [-0.2, 0) is 6.54 Å². The van der Waals surface area contributed by atoms with E-state index in [-0.39, 0.29) is 29.7 Å². The number of guanidine groups is 1. The zero-order valence-corrected chi connectivity index (χ0v) is 18.2. The van der Waals surface area contributed by atoms with Crippen molar-refractivity contribution < 1.29 is 9.84 Å². The highest BCUT2D eigenvalue weighted by Crippen LogP contribution is 2.27. The van der Waals surface area contributed by atoms with Crippen molar-refractivity contribution in [3.63, 3.8) is 0 Å². The number of hydrogen-bond donors (Lipinski definition) is 3. The van der Waals surface area contributed by atoms with Crippen molar-refractivity contribution in [3.8, 4) is 11.5 Å². The van der Waals surface area contributed by atoms with Gasteiger partial charge in [0, 0.05) is 13.1 Å². The van der Waals surface area contributed by atoms with Crippen molar-refractivity contribution in [2.45, 2.75) is 52.5 Å². The first-order valence-electron chi connectivity index (χ1n) is 9.37. The van der Waals surface area contributed by atoms with Crippen LogP contribution in [0, 0.1) is 0 Å². The normalized spacial score (nSPS) is 14.2. The summed E-state index contributed by atoms with van der Waals surface area (Å²) in [6, 6.07) is 5.38. The van der Waals surface area contributed by atoms with E-state index in [1.165, 1.54) is 25.7 Å². The number of aromatic hydroxyl groups is 1. The maximum absolute atomic E-state index is 9.78. The monoisotopic (exact) mass is 473 g/mol. The molecule has 0 unspecified atom stereocenters. The number of hydrogen-bond acceptors (Lipinski definition) is 3. The summed E-state index contributed by atoms with van der Waals surface area (Å²) in [5.41, 5.74) is 2.57. The van der Waals surface area contributed by atoms with E-state index in [0.29, 0.717) is 18.9 Å². The Morgan fingerprint density at radius 3 is 2.77 bits per heavy atom. The average Bonchev–Trinajstić information content (AvgIpc) is 2.63. The molecule has 26 heavy (non-hydrogen) atoms. The van der Waals surface area contributed by atoms with E-state index in [1.807, 2.05) is 19.1 Å². The summed E-state index contributed by atoms with van der Waals surface area (Å²) in [6.07, 6.45) is 8.59. The second-order valence-electron chi connectivity index (χ2n) is 6.22. The Labute approximate surface area is 174 Å². The molecule has 1 aromatic carbocycles. The quantitative estimate of drug-likeness (QED) is 0.227. The molecule has 0 fully saturated rings. The lowest BCUT2D eigenvalue weighted by Crippen LogP contribution is -2.37. The molecule has 0 aromatic heterocycles. The van der Waals surface area contributed by atoms with Gasteiger partial charge in [-0.05, 0) is 63.6 Å². The Morgan fingerprint density at radius 1 is 1.23 bits per heavy atom. The van der Waals surface area contributed by atoms with Gasteiger partial charge in [0.05, 0.1) is 13.2 Å². The molecule has 0 spiro atoms. The molecule has 0 saturated heterocycles. The molecular formula is C20H32IN3O2. The van der Waals surface area contributed by atoms with E-state index < -0.39 is 0 Å². The minimum absolute atomic E-state index is 0. The number of aliphatic imine (C=N–C) groups is 1. The Morgan fingerprint density at radius 2 is 2.08 bits per heavy atom. The highest BCUT2D eigenvalue weighted by atomic mass is 127. The number of allylic oxidation sites excluding steroid dienone is 1. The van der Waals surface area contributed by atoms with Crippen LogP contribution in [-0.4, -0.2) is 30.8 Å². The van der Waals surface area contributed by atoms with Gasteiger partial charge >= 0.3 is 0 Å². The topological polar surface area (TPSA) is 65.9 Å². The van der Waals surface area contributed by atoms with Crippen molar-refractivity contribution in [3.05, 3.63) is 35.4 Å². The molecule has 0 radical (unpaired) electrons. The van der Waals surface area contributed by atoms with Gasteiger partial charge in [-0.15, -0.1) is 24.0 Å². The third kappa shape index (κ3) is 7.85. The van der Waals surface area contributed by atoms with Crippen molar-refractivity contribution in [2.24, 2.45) is 4.99 Å². The Kier molecular flexibility index (Phi) is 11.2. The Hall–Kier alpha value is -1.44. The van der Waals surface area contributed by atoms with Crippen LogP contribution in [0.5, 0.6) is 11.5 Å². The van der Waals surface area contributed by atoms with Crippen molar-refractivity contribution in [1.29, 1.82) is 0 Å². The molecule has 0 bridgehead atoms. The second kappa shape index (κ2) is 12.8. The third-order valence-corrected chi connectivity index (χ3v) is 4.21. The molecular weight excluding hydrogens is 441 g/mol. The van der Waals surface area contributed by atoms with Gasteiger partial charge in [0.2, 0.25) is 0 Å².